The van der Waals surface area contributed by atoms with Crippen LogP contribution in [-0.2, 0) is 22.3 Å². The summed E-state index contributed by atoms with van der Waals surface area (Å²) in [6, 6.07) is 17.0. The third-order valence-electron chi connectivity index (χ3n) is 3.31. The molecule has 5 heteroatoms. The molecule has 0 fully saturated rings. The van der Waals surface area contributed by atoms with E-state index in [9.17, 15) is 8.42 Å². The van der Waals surface area contributed by atoms with Crippen LogP contribution in [0.15, 0.2) is 60.8 Å². The third kappa shape index (κ3) is 3.51. The first-order valence-electron chi connectivity index (χ1n) is 6.70. The summed E-state index contributed by atoms with van der Waals surface area (Å²) in [5.74, 6) is 0.000237. The van der Waals surface area contributed by atoms with E-state index in [1.807, 2.05) is 60.8 Å². The van der Waals surface area contributed by atoms with Gasteiger partial charge in [-0.1, -0.05) is 36.4 Å². The van der Waals surface area contributed by atoms with Crippen molar-refractivity contribution in [3.05, 3.63) is 71.9 Å². The van der Waals surface area contributed by atoms with Gasteiger partial charge >= 0.3 is 0 Å². The predicted molar refractivity (Wildman–Crippen MR) is 84.2 cm³/mol. The number of hydrogen-bond donors (Lipinski definition) is 2. The Kier molecular flexibility index (Phi) is 3.77. The number of aromatic nitrogens is 1. The van der Waals surface area contributed by atoms with E-state index in [-0.39, 0.29) is 5.75 Å². The lowest BCUT2D eigenvalue weighted by molar-refractivity contribution is 0.580. The van der Waals surface area contributed by atoms with Gasteiger partial charge in [0.05, 0.1) is 5.75 Å². The molecule has 108 valence electrons. The molecule has 0 unspecified atom stereocenters. The number of fused-ring (bicyclic) bond motifs is 1. The fourth-order valence-corrected chi connectivity index (χ4v) is 3.37. The Hall–Kier alpha value is -2.11. The first-order chi connectivity index (χ1) is 10.1. The zero-order valence-corrected chi connectivity index (χ0v) is 12.2. The Bertz CT molecular complexity index is 839. The van der Waals surface area contributed by atoms with Crippen LogP contribution in [-0.4, -0.2) is 13.4 Å². The van der Waals surface area contributed by atoms with Crippen LogP contribution in [0.4, 0.5) is 0 Å². The van der Waals surface area contributed by atoms with Crippen LogP contribution < -0.4 is 4.72 Å². The van der Waals surface area contributed by atoms with Gasteiger partial charge in [0.2, 0.25) is 10.0 Å². The fourth-order valence-electron chi connectivity index (χ4n) is 2.25. The summed E-state index contributed by atoms with van der Waals surface area (Å²) < 4.78 is 26.8. The van der Waals surface area contributed by atoms with E-state index in [0.717, 1.165) is 22.0 Å². The molecular weight excluding hydrogens is 284 g/mol. The van der Waals surface area contributed by atoms with E-state index < -0.39 is 10.0 Å². The minimum absolute atomic E-state index is 0.000237. The smallest absolute Gasteiger partial charge is 0.216 e. The molecule has 2 aromatic carbocycles. The van der Waals surface area contributed by atoms with Crippen LogP contribution in [0.3, 0.4) is 0 Å². The fraction of sp³-hybridized carbons (Fsp3) is 0.125. The summed E-state index contributed by atoms with van der Waals surface area (Å²) in [4.78, 5) is 3.11. The number of rotatable bonds is 5. The Labute approximate surface area is 123 Å². The van der Waals surface area contributed by atoms with Crippen molar-refractivity contribution in [2.75, 3.05) is 0 Å². The summed E-state index contributed by atoms with van der Waals surface area (Å²) in [5, 5.41) is 1.08. The second-order valence-electron chi connectivity index (χ2n) is 4.97. The molecule has 0 saturated heterocycles. The average molecular weight is 300 g/mol. The molecule has 3 rings (SSSR count). The summed E-state index contributed by atoms with van der Waals surface area (Å²) in [7, 11) is -3.33. The lowest BCUT2D eigenvalue weighted by Crippen LogP contribution is -2.24. The molecule has 0 saturated carbocycles. The predicted octanol–water partition coefficient (Wildman–Crippen LogP) is 2.79. The molecule has 0 atom stereocenters. The number of H-pyrrole nitrogens is 1. The van der Waals surface area contributed by atoms with E-state index in [2.05, 4.69) is 9.71 Å². The average Bonchev–Trinajstić information content (AvgIpc) is 2.93. The van der Waals surface area contributed by atoms with Gasteiger partial charge in [-0.3, -0.25) is 0 Å². The monoisotopic (exact) mass is 300 g/mol. The topological polar surface area (TPSA) is 62.0 Å². The second-order valence-corrected chi connectivity index (χ2v) is 6.77. The molecule has 0 amide bonds. The molecule has 0 aliphatic carbocycles. The summed E-state index contributed by atoms with van der Waals surface area (Å²) in [5.41, 5.74) is 2.77. The number of hydrogen-bond acceptors (Lipinski definition) is 2. The third-order valence-corrected chi connectivity index (χ3v) is 4.61. The largest absolute Gasteiger partial charge is 0.361 e. The normalized spacial score (nSPS) is 11.8. The highest BCUT2D eigenvalue weighted by molar-refractivity contribution is 7.88. The summed E-state index contributed by atoms with van der Waals surface area (Å²) in [6.45, 7) is 0.302. The number of nitrogens with one attached hydrogen (secondary N) is 2. The maximum atomic E-state index is 12.1. The second kappa shape index (κ2) is 5.71. The summed E-state index contributed by atoms with van der Waals surface area (Å²) in [6.07, 6.45) is 1.87. The molecule has 0 aliphatic rings. The minimum Gasteiger partial charge on any atom is -0.361 e. The van der Waals surface area contributed by atoms with Gasteiger partial charge < -0.3 is 4.98 Å². The van der Waals surface area contributed by atoms with Crippen molar-refractivity contribution in [3.63, 3.8) is 0 Å². The van der Waals surface area contributed by atoms with Gasteiger partial charge in [-0.05, 0) is 34.7 Å². The highest BCUT2D eigenvalue weighted by Gasteiger charge is 2.11. The maximum Gasteiger partial charge on any atom is 0.216 e. The van der Waals surface area contributed by atoms with Crippen LogP contribution in [0, 0.1) is 0 Å². The van der Waals surface area contributed by atoms with Crippen molar-refractivity contribution >= 4 is 20.9 Å². The number of benzene rings is 2. The van der Waals surface area contributed by atoms with Crippen molar-refractivity contribution in [2.24, 2.45) is 0 Å². The molecule has 3 aromatic rings. The van der Waals surface area contributed by atoms with Crippen molar-refractivity contribution in [3.8, 4) is 0 Å². The highest BCUT2D eigenvalue weighted by Crippen LogP contribution is 2.14. The molecule has 0 radical (unpaired) electrons. The molecule has 21 heavy (non-hydrogen) atoms. The maximum absolute atomic E-state index is 12.1. The van der Waals surface area contributed by atoms with E-state index >= 15 is 0 Å². The quantitative estimate of drug-likeness (QED) is 0.761. The van der Waals surface area contributed by atoms with Crippen molar-refractivity contribution in [1.29, 1.82) is 0 Å². The lowest BCUT2D eigenvalue weighted by atomic mass is 10.1. The molecule has 2 N–H and O–H groups in total. The standard InChI is InChI=1S/C16H16N2O2S/c19-21(20,12-13-4-2-1-3-5-13)18-11-14-6-7-16-15(10-14)8-9-17-16/h1-10,17-18H,11-12H2. The van der Waals surface area contributed by atoms with Gasteiger partial charge in [0.1, 0.15) is 0 Å². The Morgan fingerprint density at radius 3 is 2.57 bits per heavy atom. The van der Waals surface area contributed by atoms with Crippen LogP contribution in [0.25, 0.3) is 10.9 Å². The van der Waals surface area contributed by atoms with E-state index in [0.29, 0.717) is 6.54 Å². The number of aromatic amines is 1. The van der Waals surface area contributed by atoms with Crippen LogP contribution in [0.5, 0.6) is 0 Å². The lowest BCUT2D eigenvalue weighted by Gasteiger charge is -2.07. The highest BCUT2D eigenvalue weighted by atomic mass is 32.2. The van der Waals surface area contributed by atoms with E-state index in [4.69, 9.17) is 0 Å². The zero-order valence-electron chi connectivity index (χ0n) is 11.4. The van der Waals surface area contributed by atoms with Crippen molar-refractivity contribution in [2.45, 2.75) is 12.3 Å². The van der Waals surface area contributed by atoms with Gasteiger partial charge in [-0.2, -0.15) is 0 Å². The van der Waals surface area contributed by atoms with Crippen LogP contribution in [0.2, 0.25) is 0 Å². The van der Waals surface area contributed by atoms with Crippen molar-refractivity contribution in [1.82, 2.24) is 9.71 Å². The molecule has 0 spiro atoms. The summed E-state index contributed by atoms with van der Waals surface area (Å²) >= 11 is 0. The minimum atomic E-state index is -3.33. The van der Waals surface area contributed by atoms with E-state index in [1.54, 1.807) is 0 Å². The van der Waals surface area contributed by atoms with Crippen LogP contribution in [0.1, 0.15) is 11.1 Å². The van der Waals surface area contributed by atoms with Gasteiger partial charge in [-0.25, -0.2) is 13.1 Å². The van der Waals surface area contributed by atoms with Gasteiger partial charge in [0, 0.05) is 18.3 Å². The molecule has 4 nitrogen and oxygen atoms in total. The molecular formula is C16H16N2O2S. The first-order valence-corrected chi connectivity index (χ1v) is 8.35. The Balaban J connectivity index is 1.68. The van der Waals surface area contributed by atoms with Gasteiger partial charge in [-0.15, -0.1) is 0 Å². The zero-order chi connectivity index (χ0) is 14.7. The Morgan fingerprint density at radius 2 is 1.76 bits per heavy atom. The Morgan fingerprint density at radius 1 is 0.952 bits per heavy atom. The van der Waals surface area contributed by atoms with Gasteiger partial charge in [0.25, 0.3) is 0 Å². The SMILES string of the molecule is O=S(=O)(Cc1ccccc1)NCc1ccc2[nH]ccc2c1. The van der Waals surface area contributed by atoms with Crippen molar-refractivity contribution < 1.29 is 8.42 Å². The van der Waals surface area contributed by atoms with Crippen LogP contribution >= 0.6 is 0 Å². The molecule has 1 aromatic heterocycles. The van der Waals surface area contributed by atoms with Gasteiger partial charge in [0.15, 0.2) is 0 Å². The molecule has 1 heterocycles. The number of sulfonamides is 1. The first kappa shape index (κ1) is 13.9. The molecule has 0 bridgehead atoms. The molecule has 0 aliphatic heterocycles. The van der Waals surface area contributed by atoms with E-state index in [1.165, 1.54) is 0 Å².